The van der Waals surface area contributed by atoms with Gasteiger partial charge >= 0.3 is 11.4 Å². The third-order valence-electron chi connectivity index (χ3n) is 3.61. The summed E-state index contributed by atoms with van der Waals surface area (Å²) in [5.41, 5.74) is 0.0422. The summed E-state index contributed by atoms with van der Waals surface area (Å²) in [7, 11) is 0. The molecule has 24 heavy (non-hydrogen) atoms. The lowest BCUT2D eigenvalue weighted by Gasteiger charge is -1.99. The van der Waals surface area contributed by atoms with Crippen LogP contribution in [0.4, 0.5) is 0 Å². The van der Waals surface area contributed by atoms with Gasteiger partial charge in [-0.3, -0.25) is 4.79 Å². The topological polar surface area (TPSA) is 66.0 Å². The number of allylic oxidation sites excluding steroid dienone is 1. The van der Waals surface area contributed by atoms with Crippen LogP contribution in [-0.2, 0) is 0 Å². The van der Waals surface area contributed by atoms with Crippen LogP contribution in [0, 0.1) is 0 Å². The predicted octanol–water partition coefficient (Wildman–Crippen LogP) is 1.99. The maximum absolute atomic E-state index is 12.5. The van der Waals surface area contributed by atoms with E-state index in [-0.39, 0.29) is 0 Å². The maximum Gasteiger partial charge on any atom is 0.363 e. The average molecular weight is 337 g/mol. The van der Waals surface area contributed by atoms with Crippen molar-refractivity contribution in [1.82, 2.24) is 13.3 Å². The van der Waals surface area contributed by atoms with Gasteiger partial charge in [-0.2, -0.15) is 4.09 Å². The van der Waals surface area contributed by atoms with Gasteiger partial charge in [0.25, 0.3) is 5.91 Å². The quantitative estimate of drug-likeness (QED) is 0.671. The standard InChI is InChI=1S/C17H11N3O3S/c21-15-14(11-12-7-3-1-4-8-12)24-20-17(23)18(16(22)19(15)20)13-9-5-2-6-10-13/h1-11H/b14-11-. The molecule has 0 saturated carbocycles. The van der Waals surface area contributed by atoms with E-state index in [2.05, 4.69) is 0 Å². The van der Waals surface area contributed by atoms with E-state index in [9.17, 15) is 14.4 Å². The van der Waals surface area contributed by atoms with Crippen LogP contribution >= 0.6 is 11.9 Å². The first-order valence-corrected chi connectivity index (χ1v) is 7.96. The van der Waals surface area contributed by atoms with Gasteiger partial charge in [-0.15, -0.1) is 4.68 Å². The van der Waals surface area contributed by atoms with E-state index in [0.717, 1.165) is 30.8 Å². The highest BCUT2D eigenvalue weighted by Gasteiger charge is 2.32. The minimum atomic E-state index is -0.667. The largest absolute Gasteiger partial charge is 0.363 e. The molecule has 0 saturated heterocycles. The molecule has 0 spiro atoms. The zero-order valence-corrected chi connectivity index (χ0v) is 13.1. The van der Waals surface area contributed by atoms with Crippen molar-refractivity contribution in [2.75, 3.05) is 0 Å². The van der Waals surface area contributed by atoms with Crippen LogP contribution in [0.5, 0.6) is 0 Å². The van der Waals surface area contributed by atoms with Gasteiger partial charge in [0.1, 0.15) is 0 Å². The number of para-hydroxylation sites is 1. The molecule has 0 N–H and O–H groups in total. The van der Waals surface area contributed by atoms with Crippen molar-refractivity contribution in [1.29, 1.82) is 0 Å². The lowest BCUT2D eigenvalue weighted by atomic mass is 10.2. The molecule has 1 aliphatic rings. The first-order valence-electron chi connectivity index (χ1n) is 7.19. The highest BCUT2D eigenvalue weighted by Crippen LogP contribution is 2.26. The zero-order chi connectivity index (χ0) is 16.7. The molecular formula is C17H11N3O3S. The van der Waals surface area contributed by atoms with Crippen LogP contribution in [0.1, 0.15) is 10.4 Å². The molecule has 3 aromatic rings. The Labute approximate surface area is 140 Å². The minimum absolute atomic E-state index is 0.329. The molecule has 4 rings (SSSR count). The summed E-state index contributed by atoms with van der Waals surface area (Å²) in [4.78, 5) is 37.9. The van der Waals surface area contributed by atoms with Crippen LogP contribution in [0.15, 0.2) is 75.2 Å². The summed E-state index contributed by atoms with van der Waals surface area (Å²) < 4.78 is 2.95. The second-order valence-corrected chi connectivity index (χ2v) is 6.10. The highest BCUT2D eigenvalue weighted by atomic mass is 32.2. The Morgan fingerprint density at radius 1 is 0.792 bits per heavy atom. The molecular weight excluding hydrogens is 326 g/mol. The van der Waals surface area contributed by atoms with Crippen molar-refractivity contribution < 1.29 is 4.79 Å². The second-order valence-electron chi connectivity index (χ2n) is 5.14. The van der Waals surface area contributed by atoms with Crippen LogP contribution in [-0.4, -0.2) is 19.2 Å². The molecule has 0 unspecified atom stereocenters. The van der Waals surface area contributed by atoms with E-state index in [1.165, 1.54) is 0 Å². The fraction of sp³-hybridized carbons (Fsp3) is 0. The van der Waals surface area contributed by atoms with Crippen molar-refractivity contribution in [3.63, 3.8) is 0 Å². The van der Waals surface area contributed by atoms with E-state index < -0.39 is 17.3 Å². The Morgan fingerprint density at radius 3 is 2.04 bits per heavy atom. The fourth-order valence-electron chi connectivity index (χ4n) is 2.50. The smallest absolute Gasteiger partial charge is 0.266 e. The molecule has 6 nitrogen and oxygen atoms in total. The van der Waals surface area contributed by atoms with Crippen molar-refractivity contribution >= 4 is 23.9 Å². The SMILES string of the molecule is O=C1/C(=C/c2ccccc2)Sn2c(=O)n(-c3ccccc3)c(=O)n21. The number of hydrogen-bond donors (Lipinski definition) is 0. The first-order chi connectivity index (χ1) is 11.7. The van der Waals surface area contributed by atoms with Crippen LogP contribution in [0.2, 0.25) is 0 Å². The Kier molecular flexibility index (Phi) is 3.35. The lowest BCUT2D eigenvalue weighted by Crippen LogP contribution is -2.30. The Morgan fingerprint density at radius 2 is 1.42 bits per heavy atom. The molecule has 0 aliphatic carbocycles. The van der Waals surface area contributed by atoms with Crippen molar-refractivity contribution in [2.45, 2.75) is 0 Å². The maximum atomic E-state index is 12.5. The average Bonchev–Trinajstić information content (AvgIpc) is 3.05. The molecule has 7 heteroatoms. The van der Waals surface area contributed by atoms with E-state index >= 15 is 0 Å². The van der Waals surface area contributed by atoms with Gasteiger partial charge in [0.15, 0.2) is 0 Å². The van der Waals surface area contributed by atoms with Gasteiger partial charge in [-0.1, -0.05) is 48.5 Å². The van der Waals surface area contributed by atoms with E-state index in [1.807, 2.05) is 30.3 Å². The van der Waals surface area contributed by atoms with Gasteiger partial charge in [0.2, 0.25) is 0 Å². The summed E-state index contributed by atoms with van der Waals surface area (Å²) in [5.74, 6) is -0.499. The molecule has 1 aliphatic heterocycles. The molecule has 1 aromatic heterocycles. The third-order valence-corrected chi connectivity index (χ3v) is 4.59. The summed E-state index contributed by atoms with van der Waals surface area (Å²) in [5, 5.41) is 0. The number of hydrogen-bond acceptors (Lipinski definition) is 4. The Balaban J connectivity index is 1.83. The number of aromatic nitrogens is 3. The summed E-state index contributed by atoms with van der Waals surface area (Å²) >= 11 is 0.953. The van der Waals surface area contributed by atoms with Gasteiger partial charge in [-0.25, -0.2) is 14.2 Å². The van der Waals surface area contributed by atoms with E-state index in [4.69, 9.17) is 0 Å². The lowest BCUT2D eigenvalue weighted by molar-refractivity contribution is 0.0950. The minimum Gasteiger partial charge on any atom is -0.266 e. The van der Waals surface area contributed by atoms with Gasteiger partial charge < -0.3 is 0 Å². The molecule has 0 amide bonds. The van der Waals surface area contributed by atoms with E-state index in [0.29, 0.717) is 10.6 Å². The monoisotopic (exact) mass is 337 g/mol. The van der Waals surface area contributed by atoms with Gasteiger partial charge in [-0.05, 0) is 23.8 Å². The second kappa shape index (κ2) is 5.54. The van der Waals surface area contributed by atoms with Crippen LogP contribution in [0.3, 0.4) is 0 Å². The predicted molar refractivity (Wildman–Crippen MR) is 92.3 cm³/mol. The molecule has 118 valence electrons. The molecule has 0 radical (unpaired) electrons. The fourth-order valence-corrected chi connectivity index (χ4v) is 3.42. The zero-order valence-electron chi connectivity index (χ0n) is 12.3. The summed E-state index contributed by atoms with van der Waals surface area (Å²) in [6, 6.07) is 17.8. The number of rotatable bonds is 2. The van der Waals surface area contributed by atoms with Gasteiger partial charge in [0.05, 0.1) is 10.6 Å². The third kappa shape index (κ3) is 2.17. The van der Waals surface area contributed by atoms with Crippen LogP contribution in [0.25, 0.3) is 11.8 Å². The number of benzene rings is 2. The van der Waals surface area contributed by atoms with Crippen molar-refractivity contribution in [2.24, 2.45) is 0 Å². The number of fused-ring (bicyclic) bond motifs is 1. The summed E-state index contributed by atoms with van der Waals surface area (Å²) in [6.45, 7) is 0. The van der Waals surface area contributed by atoms with Crippen LogP contribution < -0.4 is 11.4 Å². The molecule has 0 fully saturated rings. The highest BCUT2D eigenvalue weighted by molar-refractivity contribution is 8.03. The number of carbonyl (C=O) groups excluding carboxylic acids is 1. The Hall–Kier alpha value is -3.06. The molecule has 2 heterocycles. The van der Waals surface area contributed by atoms with E-state index in [1.54, 1.807) is 36.4 Å². The number of carbonyl (C=O) groups is 1. The Bertz CT molecular complexity index is 1080. The van der Waals surface area contributed by atoms with Gasteiger partial charge in [0, 0.05) is 11.9 Å². The normalized spacial score (nSPS) is 15.0. The molecule has 2 aromatic carbocycles. The van der Waals surface area contributed by atoms with Crippen molar-refractivity contribution in [3.05, 3.63) is 92.1 Å². The van der Waals surface area contributed by atoms with Crippen molar-refractivity contribution in [3.8, 4) is 5.69 Å². The summed E-state index contributed by atoms with van der Waals surface area (Å²) in [6.07, 6.45) is 1.67. The number of nitrogens with zero attached hydrogens (tertiary/aromatic N) is 3. The molecule has 0 bridgehead atoms. The molecule has 0 atom stereocenters. The first kappa shape index (κ1) is 14.5.